The third kappa shape index (κ3) is 4.34. The van der Waals surface area contributed by atoms with Crippen molar-refractivity contribution in [2.45, 2.75) is 25.6 Å². The second kappa shape index (κ2) is 9.19. The van der Waals surface area contributed by atoms with Gasteiger partial charge in [-0.15, -0.1) is 5.10 Å². The van der Waals surface area contributed by atoms with Crippen LogP contribution in [0.25, 0.3) is 16.7 Å². The Morgan fingerprint density at radius 2 is 2.14 bits per heavy atom. The van der Waals surface area contributed by atoms with E-state index < -0.39 is 23.5 Å². The van der Waals surface area contributed by atoms with Gasteiger partial charge in [-0.1, -0.05) is 5.16 Å². The van der Waals surface area contributed by atoms with Crippen molar-refractivity contribution in [3.63, 3.8) is 0 Å². The first-order chi connectivity index (χ1) is 17.7. The highest BCUT2D eigenvalue weighted by atomic mass is 16.5. The van der Waals surface area contributed by atoms with E-state index >= 15 is 0 Å². The normalized spacial score (nSPS) is 17.6. The van der Waals surface area contributed by atoms with E-state index in [0.29, 0.717) is 39.6 Å². The highest BCUT2D eigenvalue weighted by Gasteiger charge is 2.49. The first kappa shape index (κ1) is 24.2. The maximum atomic E-state index is 13.5. The predicted molar refractivity (Wildman–Crippen MR) is 132 cm³/mol. The molecule has 3 aromatic heterocycles. The number of aromatic nitrogens is 4. The van der Waals surface area contributed by atoms with Crippen LogP contribution in [0.2, 0.25) is 0 Å². The van der Waals surface area contributed by atoms with Gasteiger partial charge in [0.15, 0.2) is 28.9 Å². The lowest BCUT2D eigenvalue weighted by Crippen LogP contribution is -2.61. The van der Waals surface area contributed by atoms with Gasteiger partial charge in [-0.3, -0.25) is 14.5 Å². The number of pyridine rings is 1. The van der Waals surface area contributed by atoms with Crippen molar-refractivity contribution < 1.29 is 28.7 Å². The average molecular weight is 508 g/mol. The van der Waals surface area contributed by atoms with Gasteiger partial charge in [0.1, 0.15) is 0 Å². The molecule has 13 nitrogen and oxygen atoms in total. The van der Waals surface area contributed by atoms with Crippen molar-refractivity contribution in [3.05, 3.63) is 48.3 Å². The van der Waals surface area contributed by atoms with Crippen LogP contribution in [0.5, 0.6) is 5.88 Å². The highest BCUT2D eigenvalue weighted by molar-refractivity contribution is 6.06. The van der Waals surface area contributed by atoms with Gasteiger partial charge in [0.25, 0.3) is 11.8 Å². The van der Waals surface area contributed by atoms with Gasteiger partial charge < -0.3 is 30.2 Å². The van der Waals surface area contributed by atoms with Crippen LogP contribution >= 0.6 is 0 Å². The molecule has 1 saturated heterocycles. The number of nitrogens with zero attached hydrogens (tertiary/aromatic N) is 5. The zero-order valence-corrected chi connectivity index (χ0v) is 20.3. The maximum absolute atomic E-state index is 13.5. The third-order valence-corrected chi connectivity index (χ3v) is 6.14. The molecule has 1 aliphatic heterocycles. The van der Waals surface area contributed by atoms with Crippen LogP contribution in [0.3, 0.4) is 0 Å². The van der Waals surface area contributed by atoms with E-state index in [1.54, 1.807) is 41.3 Å². The predicted octanol–water partition coefficient (Wildman–Crippen LogP) is 1.43. The Bertz CT molecular complexity index is 1490. The number of nitrogens with two attached hydrogens (primary N) is 1. The van der Waals surface area contributed by atoms with Crippen LogP contribution in [-0.4, -0.2) is 68.8 Å². The fourth-order valence-electron chi connectivity index (χ4n) is 4.11. The molecule has 1 fully saturated rings. The van der Waals surface area contributed by atoms with Gasteiger partial charge >= 0.3 is 0 Å². The number of ether oxygens (including phenoxy) is 2. The second-order valence-electron chi connectivity index (χ2n) is 8.76. The molecule has 4 aromatic rings. The smallest absolute Gasteiger partial charge is 0.260 e. The van der Waals surface area contributed by atoms with E-state index in [9.17, 15) is 14.7 Å². The zero-order valence-electron chi connectivity index (χ0n) is 20.3. The topological polar surface area (TPSA) is 171 Å². The molecule has 2 unspecified atom stereocenters. The number of carbonyl (C=O) groups excluding carboxylic acids is 2. The number of carbonyl (C=O) groups is 2. The summed E-state index contributed by atoms with van der Waals surface area (Å²) in [7, 11) is 1.52. The van der Waals surface area contributed by atoms with Gasteiger partial charge in [0.05, 0.1) is 31.3 Å². The van der Waals surface area contributed by atoms with Crippen molar-refractivity contribution >= 4 is 40.1 Å². The molecule has 0 aliphatic carbocycles. The number of anilines is 3. The van der Waals surface area contributed by atoms with Gasteiger partial charge in [-0.2, -0.15) is 0 Å². The van der Waals surface area contributed by atoms with E-state index in [0.717, 1.165) is 0 Å². The Balaban J connectivity index is 1.36. The van der Waals surface area contributed by atoms with Gasteiger partial charge in [0, 0.05) is 35.8 Å². The average Bonchev–Trinajstić information content (AvgIpc) is 3.46. The van der Waals surface area contributed by atoms with Crippen LogP contribution < -0.4 is 20.7 Å². The summed E-state index contributed by atoms with van der Waals surface area (Å²) in [5.74, 6) is -0.389. The quantitative estimate of drug-likeness (QED) is 0.347. The molecule has 5 rings (SSSR count). The molecule has 0 spiro atoms. The zero-order chi connectivity index (χ0) is 26.3. The highest BCUT2D eigenvalue weighted by Crippen LogP contribution is 2.29. The number of rotatable bonds is 6. The summed E-state index contributed by atoms with van der Waals surface area (Å²) in [5.41, 5.74) is 5.63. The maximum Gasteiger partial charge on any atom is 0.260 e. The summed E-state index contributed by atoms with van der Waals surface area (Å²) in [6.45, 7) is 3.34. The minimum Gasteiger partial charge on any atom is -0.481 e. The number of hydrogen-bond acceptors (Lipinski definition) is 10. The molecule has 37 heavy (non-hydrogen) atoms. The summed E-state index contributed by atoms with van der Waals surface area (Å²) < 4.78 is 17.5. The Hall–Kier alpha value is -4.49. The van der Waals surface area contributed by atoms with E-state index in [-0.39, 0.29) is 19.0 Å². The fourth-order valence-corrected chi connectivity index (χ4v) is 4.11. The lowest BCUT2D eigenvalue weighted by atomic mass is 9.95. The molecule has 0 radical (unpaired) electrons. The summed E-state index contributed by atoms with van der Waals surface area (Å²) in [6, 6.07) is 8.20. The van der Waals surface area contributed by atoms with E-state index in [1.165, 1.54) is 25.0 Å². The first-order valence-corrected chi connectivity index (χ1v) is 11.4. The lowest BCUT2D eigenvalue weighted by Gasteiger charge is -2.37. The summed E-state index contributed by atoms with van der Waals surface area (Å²) in [4.78, 5) is 32.0. The van der Waals surface area contributed by atoms with Crippen LogP contribution in [0.4, 0.5) is 17.3 Å². The molecule has 1 aliphatic rings. The standard InChI is InChI=1S/C24H25N7O6/c1-13-12-31(15-6-7-26-18(11-15)35-3)28-21(13)30-8-9-36-19(22(30)32)24(2,34)23(33)27-14-4-5-16-17(10-14)37-29-20(16)25/h4-7,10-12,19,34H,8-9H2,1-3H3,(H2,25,29)(H,27,33). The fraction of sp³-hybridized carbons (Fsp3) is 0.292. The largest absolute Gasteiger partial charge is 0.481 e. The molecule has 4 N–H and O–H groups in total. The molecule has 2 amide bonds. The molecular weight excluding hydrogens is 482 g/mol. The number of nitrogen functional groups attached to an aromatic ring is 1. The number of fused-ring (bicyclic) bond motifs is 1. The van der Waals surface area contributed by atoms with Crippen molar-refractivity contribution in [1.82, 2.24) is 19.9 Å². The van der Waals surface area contributed by atoms with Crippen LogP contribution in [0.1, 0.15) is 12.5 Å². The van der Waals surface area contributed by atoms with Gasteiger partial charge in [0.2, 0.25) is 5.88 Å². The number of hydrogen-bond donors (Lipinski definition) is 3. The SMILES string of the molecule is COc1cc(-n2cc(C)c(N3CCOC(C(C)(O)C(=O)Nc4ccc5c(N)noc5c4)C3=O)n2)ccn1. The summed E-state index contributed by atoms with van der Waals surface area (Å²) >= 11 is 0. The number of morpholine rings is 1. The Kier molecular flexibility index (Phi) is 6.01. The minimum absolute atomic E-state index is 0.0958. The molecule has 2 atom stereocenters. The number of nitrogens with one attached hydrogen (secondary N) is 1. The second-order valence-corrected chi connectivity index (χ2v) is 8.76. The molecule has 4 heterocycles. The van der Waals surface area contributed by atoms with Crippen molar-refractivity contribution in [2.75, 3.05) is 36.2 Å². The number of aliphatic hydroxyl groups is 1. The summed E-state index contributed by atoms with van der Waals surface area (Å²) in [5, 5.41) is 22.6. The van der Waals surface area contributed by atoms with Crippen molar-refractivity contribution in [2.24, 2.45) is 0 Å². The van der Waals surface area contributed by atoms with Gasteiger partial charge in [-0.05, 0) is 32.0 Å². The van der Waals surface area contributed by atoms with Crippen molar-refractivity contribution in [1.29, 1.82) is 0 Å². The number of amides is 2. The molecule has 13 heteroatoms. The van der Waals surface area contributed by atoms with E-state index in [2.05, 4.69) is 20.6 Å². The summed E-state index contributed by atoms with van der Waals surface area (Å²) in [6.07, 6.45) is 1.89. The minimum atomic E-state index is -2.19. The van der Waals surface area contributed by atoms with Crippen LogP contribution in [0.15, 0.2) is 47.2 Å². The Morgan fingerprint density at radius 3 is 2.92 bits per heavy atom. The monoisotopic (exact) mass is 507 g/mol. The number of aryl methyl sites for hydroxylation is 1. The number of methoxy groups -OCH3 is 1. The molecule has 1 aromatic carbocycles. The van der Waals surface area contributed by atoms with Crippen molar-refractivity contribution in [3.8, 4) is 11.6 Å². The lowest BCUT2D eigenvalue weighted by molar-refractivity contribution is -0.165. The molecular formula is C24H25N7O6. The van der Waals surface area contributed by atoms with E-state index in [4.69, 9.17) is 19.7 Å². The Morgan fingerprint density at radius 1 is 1.32 bits per heavy atom. The van der Waals surface area contributed by atoms with Crippen LogP contribution in [-0.2, 0) is 14.3 Å². The van der Waals surface area contributed by atoms with E-state index in [1.807, 2.05) is 6.92 Å². The molecule has 0 bridgehead atoms. The van der Waals surface area contributed by atoms with Crippen LogP contribution in [0, 0.1) is 6.92 Å². The van der Waals surface area contributed by atoms with Gasteiger partial charge in [-0.25, -0.2) is 9.67 Å². The number of benzene rings is 1. The Labute approximate surface area is 210 Å². The third-order valence-electron chi connectivity index (χ3n) is 6.14. The molecule has 0 saturated carbocycles. The first-order valence-electron chi connectivity index (χ1n) is 11.4. The molecule has 192 valence electrons.